The van der Waals surface area contributed by atoms with Gasteiger partial charge in [0.2, 0.25) is 0 Å². The predicted molar refractivity (Wildman–Crippen MR) is 78.7 cm³/mol. The van der Waals surface area contributed by atoms with Crippen LogP contribution in [0.5, 0.6) is 5.75 Å². The van der Waals surface area contributed by atoms with E-state index in [2.05, 4.69) is 5.32 Å². The zero-order valence-electron chi connectivity index (χ0n) is 12.3. The van der Waals surface area contributed by atoms with Crippen molar-refractivity contribution in [1.82, 2.24) is 5.32 Å². The summed E-state index contributed by atoms with van der Waals surface area (Å²) in [6, 6.07) is 10.2. The van der Waals surface area contributed by atoms with Crippen LogP contribution in [0.3, 0.4) is 0 Å². The van der Waals surface area contributed by atoms with Gasteiger partial charge in [0.15, 0.2) is 23.5 Å². The van der Waals surface area contributed by atoms with Gasteiger partial charge in [0.05, 0.1) is 6.61 Å². The Bertz CT molecular complexity index is 637. The Balaban J connectivity index is 1.93. The second-order valence-corrected chi connectivity index (χ2v) is 5.26. The molecule has 1 aliphatic rings. The molecule has 3 rings (SSSR count). The molecule has 0 spiro atoms. The van der Waals surface area contributed by atoms with Gasteiger partial charge in [0, 0.05) is 25.2 Å². The third-order valence-corrected chi connectivity index (χ3v) is 3.63. The quantitative estimate of drug-likeness (QED) is 0.937. The number of ether oxygens (including phenoxy) is 2. The number of halogens is 3. The van der Waals surface area contributed by atoms with Gasteiger partial charge in [-0.1, -0.05) is 30.3 Å². The summed E-state index contributed by atoms with van der Waals surface area (Å²) in [5, 5.41) is 3.16. The van der Waals surface area contributed by atoms with Crippen LogP contribution in [0.1, 0.15) is 11.7 Å². The molecule has 0 unspecified atom stereocenters. The molecule has 2 atom stereocenters. The van der Waals surface area contributed by atoms with Gasteiger partial charge >= 0.3 is 0 Å². The fraction of sp³-hybridized carbons (Fsp3) is 0.294. The highest BCUT2D eigenvalue weighted by Crippen LogP contribution is 2.31. The SMILES string of the molecule is Fc1cc(F)c(O[C@@H](c2ccccc2)[C@@H]2CNCCO2)c(F)c1. The molecule has 2 aromatic rings. The molecule has 0 radical (unpaired) electrons. The average Bonchev–Trinajstić information content (AvgIpc) is 2.56. The average molecular weight is 323 g/mol. The zero-order chi connectivity index (χ0) is 16.2. The van der Waals surface area contributed by atoms with Crippen molar-refractivity contribution in [3.8, 4) is 5.75 Å². The van der Waals surface area contributed by atoms with Crippen molar-refractivity contribution in [3.05, 3.63) is 65.5 Å². The van der Waals surface area contributed by atoms with Gasteiger partial charge in [0.1, 0.15) is 11.9 Å². The van der Waals surface area contributed by atoms with Crippen molar-refractivity contribution in [2.45, 2.75) is 12.2 Å². The molecule has 6 heteroatoms. The van der Waals surface area contributed by atoms with Crippen LogP contribution >= 0.6 is 0 Å². The molecular weight excluding hydrogens is 307 g/mol. The van der Waals surface area contributed by atoms with E-state index < -0.39 is 35.4 Å². The maximum Gasteiger partial charge on any atom is 0.191 e. The van der Waals surface area contributed by atoms with Crippen molar-refractivity contribution >= 4 is 0 Å². The molecule has 1 saturated heterocycles. The van der Waals surface area contributed by atoms with Gasteiger partial charge in [-0.15, -0.1) is 0 Å². The standard InChI is InChI=1S/C17H16F3NO2/c18-12-8-13(19)17(14(20)9-12)23-16(11-4-2-1-3-5-11)15-10-21-6-7-22-15/h1-5,8-9,15-16,21H,6-7,10H2/t15-,16-/m0/s1. The number of benzene rings is 2. The first-order valence-electron chi connectivity index (χ1n) is 7.33. The van der Waals surface area contributed by atoms with Crippen molar-refractivity contribution in [1.29, 1.82) is 0 Å². The first kappa shape index (κ1) is 15.8. The van der Waals surface area contributed by atoms with Crippen molar-refractivity contribution in [3.63, 3.8) is 0 Å². The summed E-state index contributed by atoms with van der Waals surface area (Å²) in [5.41, 5.74) is 0.726. The molecule has 0 amide bonds. The Hall–Kier alpha value is -2.05. The van der Waals surface area contributed by atoms with E-state index in [1.165, 1.54) is 0 Å². The summed E-state index contributed by atoms with van der Waals surface area (Å²) in [7, 11) is 0. The normalized spacial score (nSPS) is 19.3. The number of rotatable bonds is 4. The lowest BCUT2D eigenvalue weighted by atomic mass is 10.0. The molecule has 1 N–H and O–H groups in total. The van der Waals surface area contributed by atoms with Crippen molar-refractivity contribution < 1.29 is 22.6 Å². The molecule has 3 nitrogen and oxygen atoms in total. The third kappa shape index (κ3) is 3.65. The van der Waals surface area contributed by atoms with Crippen LogP contribution in [-0.2, 0) is 4.74 Å². The predicted octanol–water partition coefficient (Wildman–Crippen LogP) is 3.21. The molecule has 1 aliphatic heterocycles. The second-order valence-electron chi connectivity index (χ2n) is 5.26. The van der Waals surface area contributed by atoms with E-state index in [0.29, 0.717) is 31.8 Å². The van der Waals surface area contributed by atoms with Gasteiger partial charge < -0.3 is 14.8 Å². The molecule has 1 fully saturated rings. The second kappa shape index (κ2) is 7.02. The Kier molecular flexibility index (Phi) is 4.83. The highest BCUT2D eigenvalue weighted by atomic mass is 19.1. The minimum atomic E-state index is -1.08. The lowest BCUT2D eigenvalue weighted by molar-refractivity contribution is -0.0453. The molecule has 122 valence electrons. The van der Waals surface area contributed by atoms with E-state index in [9.17, 15) is 13.2 Å². The number of morpholine rings is 1. The molecule has 0 bridgehead atoms. The van der Waals surface area contributed by atoms with Crippen LogP contribution in [0.15, 0.2) is 42.5 Å². The fourth-order valence-corrected chi connectivity index (χ4v) is 2.55. The molecule has 1 heterocycles. The van der Waals surface area contributed by atoms with Crippen LogP contribution in [0.25, 0.3) is 0 Å². The van der Waals surface area contributed by atoms with Crippen molar-refractivity contribution in [2.24, 2.45) is 0 Å². The molecular formula is C17H16F3NO2. The van der Waals surface area contributed by atoms with Gasteiger partial charge in [0.25, 0.3) is 0 Å². The summed E-state index contributed by atoms with van der Waals surface area (Å²) in [5.74, 6) is -3.74. The Morgan fingerprint density at radius 2 is 1.78 bits per heavy atom. The maximum absolute atomic E-state index is 13.9. The number of nitrogens with one attached hydrogen (secondary N) is 1. The van der Waals surface area contributed by atoms with Crippen LogP contribution in [0.4, 0.5) is 13.2 Å². The van der Waals surface area contributed by atoms with Crippen LogP contribution < -0.4 is 10.1 Å². The minimum absolute atomic E-state index is 0.407. The summed E-state index contributed by atoms with van der Waals surface area (Å²) in [6.07, 6.45) is -1.12. The lowest BCUT2D eigenvalue weighted by Crippen LogP contribution is -2.43. The van der Waals surface area contributed by atoms with Crippen LogP contribution in [-0.4, -0.2) is 25.8 Å². The number of hydrogen-bond donors (Lipinski definition) is 1. The van der Waals surface area contributed by atoms with E-state index in [1.54, 1.807) is 24.3 Å². The zero-order valence-corrected chi connectivity index (χ0v) is 12.3. The monoisotopic (exact) mass is 323 g/mol. The smallest absolute Gasteiger partial charge is 0.191 e. The van der Waals surface area contributed by atoms with E-state index in [-0.39, 0.29) is 0 Å². The maximum atomic E-state index is 13.9. The van der Waals surface area contributed by atoms with Crippen LogP contribution in [0.2, 0.25) is 0 Å². The highest BCUT2D eigenvalue weighted by molar-refractivity contribution is 5.29. The van der Waals surface area contributed by atoms with Gasteiger partial charge in [-0.25, -0.2) is 13.2 Å². The van der Waals surface area contributed by atoms with E-state index in [0.717, 1.165) is 5.56 Å². The molecule has 0 aromatic heterocycles. The highest BCUT2D eigenvalue weighted by Gasteiger charge is 2.29. The summed E-state index contributed by atoms with van der Waals surface area (Å²) in [6.45, 7) is 1.67. The summed E-state index contributed by atoms with van der Waals surface area (Å²) >= 11 is 0. The van der Waals surface area contributed by atoms with Gasteiger partial charge in [-0.3, -0.25) is 0 Å². The summed E-state index contributed by atoms with van der Waals surface area (Å²) < 4.78 is 52.1. The van der Waals surface area contributed by atoms with Crippen LogP contribution in [0, 0.1) is 17.5 Å². The molecule has 2 aromatic carbocycles. The van der Waals surface area contributed by atoms with E-state index in [4.69, 9.17) is 9.47 Å². The largest absolute Gasteiger partial charge is 0.477 e. The van der Waals surface area contributed by atoms with Gasteiger partial charge in [-0.05, 0) is 5.56 Å². The minimum Gasteiger partial charge on any atom is -0.477 e. The molecule has 0 saturated carbocycles. The third-order valence-electron chi connectivity index (χ3n) is 3.63. The Labute approximate surface area is 132 Å². The molecule has 23 heavy (non-hydrogen) atoms. The van der Waals surface area contributed by atoms with E-state index in [1.807, 2.05) is 6.07 Å². The van der Waals surface area contributed by atoms with Crippen molar-refractivity contribution in [2.75, 3.05) is 19.7 Å². The first-order valence-corrected chi connectivity index (χ1v) is 7.33. The lowest BCUT2D eigenvalue weighted by Gasteiger charge is -2.31. The topological polar surface area (TPSA) is 30.5 Å². The Morgan fingerprint density at radius 1 is 1.09 bits per heavy atom. The first-order chi connectivity index (χ1) is 11.1. The Morgan fingerprint density at radius 3 is 2.39 bits per heavy atom. The van der Waals surface area contributed by atoms with Gasteiger partial charge in [-0.2, -0.15) is 0 Å². The summed E-state index contributed by atoms with van der Waals surface area (Å²) in [4.78, 5) is 0. The molecule has 0 aliphatic carbocycles. The number of hydrogen-bond acceptors (Lipinski definition) is 3. The van der Waals surface area contributed by atoms with E-state index >= 15 is 0 Å². The fourth-order valence-electron chi connectivity index (χ4n) is 2.55.